The van der Waals surface area contributed by atoms with Gasteiger partial charge >= 0.3 is 0 Å². The van der Waals surface area contributed by atoms with Crippen molar-refractivity contribution < 1.29 is 5.11 Å². The van der Waals surface area contributed by atoms with Crippen molar-refractivity contribution in [2.75, 3.05) is 6.54 Å². The molecule has 2 rings (SSSR count). The van der Waals surface area contributed by atoms with Gasteiger partial charge < -0.3 is 15.8 Å². The summed E-state index contributed by atoms with van der Waals surface area (Å²) in [6.07, 6.45) is 1.82. The Kier molecular flexibility index (Phi) is 2.06. The van der Waals surface area contributed by atoms with Crippen LogP contribution in [0.4, 0.5) is 0 Å². The van der Waals surface area contributed by atoms with Crippen molar-refractivity contribution in [3.05, 3.63) is 36.0 Å². The Morgan fingerprint density at radius 3 is 2.86 bits per heavy atom. The van der Waals surface area contributed by atoms with Gasteiger partial charge in [-0.05, 0) is 13.0 Å². The standard InChI is InChI=1S/C11H14N2O/c1-11(14,7-12)9-6-13-10-5-3-2-4-8(9)10/h2-6,13-14H,7,12H2,1H3. The summed E-state index contributed by atoms with van der Waals surface area (Å²) in [5, 5.41) is 11.1. The van der Waals surface area contributed by atoms with Gasteiger partial charge in [-0.3, -0.25) is 0 Å². The molecule has 0 spiro atoms. The van der Waals surface area contributed by atoms with E-state index in [9.17, 15) is 5.11 Å². The Hall–Kier alpha value is -1.32. The highest BCUT2D eigenvalue weighted by molar-refractivity contribution is 5.83. The zero-order chi connectivity index (χ0) is 10.2. The number of aromatic amines is 1. The van der Waals surface area contributed by atoms with E-state index in [4.69, 9.17) is 5.73 Å². The van der Waals surface area contributed by atoms with E-state index >= 15 is 0 Å². The SMILES string of the molecule is CC(O)(CN)c1c[nH]c2ccccc12. The van der Waals surface area contributed by atoms with Crippen LogP contribution in [-0.2, 0) is 5.60 Å². The van der Waals surface area contributed by atoms with Crippen molar-refractivity contribution in [3.63, 3.8) is 0 Å². The Morgan fingerprint density at radius 1 is 1.43 bits per heavy atom. The van der Waals surface area contributed by atoms with Crippen LogP contribution < -0.4 is 5.73 Å². The van der Waals surface area contributed by atoms with Crippen LogP contribution in [0.1, 0.15) is 12.5 Å². The van der Waals surface area contributed by atoms with Gasteiger partial charge in [0.1, 0.15) is 5.60 Å². The van der Waals surface area contributed by atoms with Crippen LogP contribution in [0.3, 0.4) is 0 Å². The van der Waals surface area contributed by atoms with Crippen LogP contribution >= 0.6 is 0 Å². The number of aromatic nitrogens is 1. The van der Waals surface area contributed by atoms with E-state index in [1.807, 2.05) is 30.5 Å². The minimum atomic E-state index is -0.959. The van der Waals surface area contributed by atoms with Crippen LogP contribution in [0.25, 0.3) is 10.9 Å². The lowest BCUT2D eigenvalue weighted by Gasteiger charge is -2.20. The third kappa shape index (κ3) is 1.31. The molecule has 0 bridgehead atoms. The minimum Gasteiger partial charge on any atom is -0.384 e. The first kappa shape index (κ1) is 9.24. The predicted octanol–water partition coefficient (Wildman–Crippen LogP) is 1.33. The zero-order valence-electron chi connectivity index (χ0n) is 8.12. The Labute approximate surface area is 82.6 Å². The first-order valence-corrected chi connectivity index (χ1v) is 4.64. The topological polar surface area (TPSA) is 62.0 Å². The lowest BCUT2D eigenvalue weighted by molar-refractivity contribution is 0.0684. The molecule has 0 fully saturated rings. The highest BCUT2D eigenvalue weighted by Gasteiger charge is 2.23. The number of nitrogens with one attached hydrogen (secondary N) is 1. The molecule has 1 aromatic heterocycles. The van der Waals surface area contributed by atoms with E-state index in [1.54, 1.807) is 6.92 Å². The van der Waals surface area contributed by atoms with E-state index in [2.05, 4.69) is 4.98 Å². The lowest BCUT2D eigenvalue weighted by Crippen LogP contribution is -2.30. The second-order valence-corrected chi connectivity index (χ2v) is 3.73. The molecule has 0 radical (unpaired) electrons. The number of benzene rings is 1. The van der Waals surface area contributed by atoms with Crippen LogP contribution in [0, 0.1) is 0 Å². The molecule has 2 aromatic rings. The van der Waals surface area contributed by atoms with Gasteiger partial charge in [0.2, 0.25) is 0 Å². The fourth-order valence-corrected chi connectivity index (χ4v) is 1.63. The highest BCUT2D eigenvalue weighted by Crippen LogP contribution is 2.27. The normalized spacial score (nSPS) is 15.6. The Morgan fingerprint density at radius 2 is 2.14 bits per heavy atom. The van der Waals surface area contributed by atoms with E-state index in [0.29, 0.717) is 0 Å². The van der Waals surface area contributed by atoms with Gasteiger partial charge in [-0.25, -0.2) is 0 Å². The maximum atomic E-state index is 10.0. The van der Waals surface area contributed by atoms with Gasteiger partial charge in [0, 0.05) is 29.2 Å². The zero-order valence-corrected chi connectivity index (χ0v) is 8.12. The quantitative estimate of drug-likeness (QED) is 0.669. The molecule has 4 N–H and O–H groups in total. The number of hydrogen-bond acceptors (Lipinski definition) is 2. The minimum absolute atomic E-state index is 0.217. The molecule has 74 valence electrons. The van der Waals surface area contributed by atoms with Crippen LogP contribution in [0.15, 0.2) is 30.5 Å². The molecule has 3 nitrogen and oxygen atoms in total. The Bertz CT molecular complexity index is 445. The smallest absolute Gasteiger partial charge is 0.101 e. The maximum absolute atomic E-state index is 10.0. The summed E-state index contributed by atoms with van der Waals surface area (Å²) in [7, 11) is 0. The molecule has 0 saturated heterocycles. The molecule has 0 aliphatic carbocycles. The first-order chi connectivity index (χ1) is 6.65. The average molecular weight is 190 g/mol. The van der Waals surface area contributed by atoms with E-state index < -0.39 is 5.60 Å². The molecular formula is C11H14N2O. The van der Waals surface area contributed by atoms with Crippen LogP contribution in [-0.4, -0.2) is 16.6 Å². The van der Waals surface area contributed by atoms with Gasteiger partial charge in [0.25, 0.3) is 0 Å². The molecule has 1 atom stereocenters. The fraction of sp³-hybridized carbons (Fsp3) is 0.273. The largest absolute Gasteiger partial charge is 0.384 e. The van der Waals surface area contributed by atoms with E-state index in [1.165, 1.54) is 0 Å². The molecule has 1 unspecified atom stereocenters. The van der Waals surface area contributed by atoms with E-state index in [-0.39, 0.29) is 6.54 Å². The number of aliphatic hydroxyl groups is 1. The monoisotopic (exact) mass is 190 g/mol. The number of fused-ring (bicyclic) bond motifs is 1. The number of rotatable bonds is 2. The van der Waals surface area contributed by atoms with E-state index in [0.717, 1.165) is 16.5 Å². The second-order valence-electron chi connectivity index (χ2n) is 3.73. The second kappa shape index (κ2) is 3.12. The Balaban J connectivity index is 2.64. The van der Waals surface area contributed by atoms with Gasteiger partial charge in [0.05, 0.1) is 0 Å². The molecule has 0 aliphatic rings. The number of nitrogens with two attached hydrogens (primary N) is 1. The summed E-state index contributed by atoms with van der Waals surface area (Å²) < 4.78 is 0. The van der Waals surface area contributed by atoms with Crippen molar-refractivity contribution in [2.45, 2.75) is 12.5 Å². The van der Waals surface area contributed by atoms with Crippen LogP contribution in [0.2, 0.25) is 0 Å². The number of H-pyrrole nitrogens is 1. The lowest BCUT2D eigenvalue weighted by atomic mass is 9.96. The summed E-state index contributed by atoms with van der Waals surface area (Å²) in [4.78, 5) is 3.11. The van der Waals surface area contributed by atoms with Gasteiger partial charge in [0.15, 0.2) is 0 Å². The van der Waals surface area contributed by atoms with Gasteiger partial charge in [-0.2, -0.15) is 0 Å². The van der Waals surface area contributed by atoms with Crippen molar-refractivity contribution in [1.29, 1.82) is 0 Å². The van der Waals surface area contributed by atoms with Crippen molar-refractivity contribution >= 4 is 10.9 Å². The first-order valence-electron chi connectivity index (χ1n) is 4.64. The third-order valence-electron chi connectivity index (χ3n) is 2.57. The molecule has 1 aromatic carbocycles. The summed E-state index contributed by atoms with van der Waals surface area (Å²) >= 11 is 0. The van der Waals surface area contributed by atoms with Gasteiger partial charge in [-0.1, -0.05) is 18.2 Å². The molecule has 14 heavy (non-hydrogen) atoms. The molecular weight excluding hydrogens is 176 g/mol. The third-order valence-corrected chi connectivity index (χ3v) is 2.57. The molecule has 1 heterocycles. The molecule has 0 aliphatic heterocycles. The molecule has 0 saturated carbocycles. The highest BCUT2D eigenvalue weighted by atomic mass is 16.3. The summed E-state index contributed by atoms with van der Waals surface area (Å²) in [6, 6.07) is 7.86. The van der Waals surface area contributed by atoms with Crippen molar-refractivity contribution in [2.24, 2.45) is 5.73 Å². The van der Waals surface area contributed by atoms with Crippen molar-refractivity contribution in [1.82, 2.24) is 4.98 Å². The summed E-state index contributed by atoms with van der Waals surface area (Å²) in [5.41, 5.74) is 6.45. The number of hydrogen-bond donors (Lipinski definition) is 3. The molecule has 3 heteroatoms. The summed E-state index contributed by atoms with van der Waals surface area (Å²) in [6.45, 7) is 1.94. The summed E-state index contributed by atoms with van der Waals surface area (Å²) in [5.74, 6) is 0. The maximum Gasteiger partial charge on any atom is 0.101 e. The average Bonchev–Trinajstić information content (AvgIpc) is 2.61. The predicted molar refractivity (Wildman–Crippen MR) is 56.9 cm³/mol. The van der Waals surface area contributed by atoms with Gasteiger partial charge in [-0.15, -0.1) is 0 Å². The molecule has 0 amide bonds. The number of para-hydroxylation sites is 1. The van der Waals surface area contributed by atoms with Crippen molar-refractivity contribution in [3.8, 4) is 0 Å². The van der Waals surface area contributed by atoms with Crippen LogP contribution in [0.5, 0.6) is 0 Å². The fourth-order valence-electron chi connectivity index (χ4n) is 1.63.